The number of nitrogens with zero attached hydrogens (tertiary/aromatic N) is 1. The number of amides is 1. The zero-order valence-corrected chi connectivity index (χ0v) is 14.5. The largest absolute Gasteiger partial charge is 0.493 e. The van der Waals surface area contributed by atoms with Crippen molar-refractivity contribution in [2.45, 2.75) is 19.9 Å². The predicted molar refractivity (Wildman–Crippen MR) is 91.3 cm³/mol. The number of ether oxygens (including phenoxy) is 2. The Labute approximate surface area is 146 Å². The van der Waals surface area contributed by atoms with Crippen LogP contribution in [0.15, 0.2) is 30.0 Å². The number of anilines is 1. The highest BCUT2D eigenvalue weighted by Crippen LogP contribution is 2.29. The number of benzene rings is 1. The van der Waals surface area contributed by atoms with E-state index >= 15 is 0 Å². The zero-order chi connectivity index (χ0) is 19.0. The maximum atomic E-state index is 12.2. The molecule has 0 heterocycles. The molecule has 25 heavy (non-hydrogen) atoms. The second-order valence-electron chi connectivity index (χ2n) is 5.42. The van der Waals surface area contributed by atoms with Gasteiger partial charge in [0.2, 0.25) is 0 Å². The van der Waals surface area contributed by atoms with Gasteiger partial charge in [0.25, 0.3) is 5.91 Å². The van der Waals surface area contributed by atoms with Crippen LogP contribution in [0.2, 0.25) is 0 Å². The number of carbonyl (C=O) groups is 2. The smallest absolute Gasteiger partial charge is 0.326 e. The van der Waals surface area contributed by atoms with Crippen molar-refractivity contribution in [1.82, 2.24) is 5.32 Å². The maximum absolute atomic E-state index is 12.2. The first-order valence-electron chi connectivity index (χ1n) is 7.46. The molecule has 1 atom stereocenters. The molecule has 0 spiro atoms. The molecule has 1 amide bonds. The Balaban J connectivity index is 2.91. The quantitative estimate of drug-likeness (QED) is 0.484. The molecule has 0 fully saturated rings. The molecule has 8 heteroatoms. The highest BCUT2D eigenvalue weighted by atomic mass is 16.5. The van der Waals surface area contributed by atoms with Crippen molar-refractivity contribution >= 4 is 17.6 Å². The topological polar surface area (TPSA) is 121 Å². The normalized spacial score (nSPS) is 12.1. The minimum atomic E-state index is -1.07. The first-order valence-corrected chi connectivity index (χ1v) is 7.46. The molecule has 0 radical (unpaired) electrons. The number of methoxy groups -OCH3 is 2. The predicted octanol–water partition coefficient (Wildman–Crippen LogP) is 1.75. The fourth-order valence-corrected chi connectivity index (χ4v) is 1.98. The van der Waals surface area contributed by atoms with E-state index in [9.17, 15) is 9.59 Å². The summed E-state index contributed by atoms with van der Waals surface area (Å²) in [4.78, 5) is 23.3. The Bertz CT molecular complexity index is 707. The lowest BCUT2D eigenvalue weighted by atomic mass is 10.1. The number of carboxylic acid groups (broad SMARTS) is 1. The molecule has 1 aromatic carbocycles. The van der Waals surface area contributed by atoms with Crippen LogP contribution in [0.3, 0.4) is 0 Å². The summed E-state index contributed by atoms with van der Waals surface area (Å²) >= 11 is 0. The van der Waals surface area contributed by atoms with Gasteiger partial charge in [-0.15, -0.1) is 0 Å². The van der Waals surface area contributed by atoms with E-state index in [1.54, 1.807) is 38.1 Å². The second-order valence-corrected chi connectivity index (χ2v) is 5.42. The van der Waals surface area contributed by atoms with Gasteiger partial charge in [0.1, 0.15) is 17.7 Å². The number of rotatable bonds is 8. The number of hydrogen-bond acceptors (Lipinski definition) is 6. The van der Waals surface area contributed by atoms with E-state index in [0.717, 1.165) is 6.20 Å². The molecule has 0 saturated heterocycles. The van der Waals surface area contributed by atoms with Crippen LogP contribution in [0.5, 0.6) is 11.5 Å². The Kier molecular flexibility index (Phi) is 7.28. The molecule has 1 aromatic rings. The van der Waals surface area contributed by atoms with Gasteiger partial charge in [-0.1, -0.05) is 13.8 Å². The van der Waals surface area contributed by atoms with Gasteiger partial charge >= 0.3 is 5.97 Å². The molecule has 0 aliphatic heterocycles. The third kappa shape index (κ3) is 5.42. The van der Waals surface area contributed by atoms with E-state index < -0.39 is 17.9 Å². The summed E-state index contributed by atoms with van der Waals surface area (Å²) in [6.07, 6.45) is 1.11. The zero-order valence-electron chi connectivity index (χ0n) is 14.5. The highest BCUT2D eigenvalue weighted by Gasteiger charge is 2.20. The summed E-state index contributed by atoms with van der Waals surface area (Å²) in [7, 11) is 2.96. The number of carbonyl (C=O) groups excluding carboxylic acids is 1. The third-order valence-corrected chi connectivity index (χ3v) is 3.35. The lowest BCUT2D eigenvalue weighted by molar-refractivity contribution is -0.140. The van der Waals surface area contributed by atoms with Gasteiger partial charge < -0.3 is 25.2 Å². The molecule has 0 saturated carbocycles. The van der Waals surface area contributed by atoms with Crippen molar-refractivity contribution in [2.24, 2.45) is 5.92 Å². The van der Waals surface area contributed by atoms with E-state index in [2.05, 4.69) is 10.6 Å². The van der Waals surface area contributed by atoms with E-state index in [4.69, 9.17) is 19.8 Å². The molecule has 1 unspecified atom stereocenters. The van der Waals surface area contributed by atoms with Crippen molar-refractivity contribution in [1.29, 1.82) is 5.26 Å². The van der Waals surface area contributed by atoms with Crippen LogP contribution < -0.4 is 20.1 Å². The SMILES string of the molecule is COc1ccc(NC(=O)/C(C#N)=C\NC(C(=O)O)C(C)C)cc1OC. The van der Waals surface area contributed by atoms with Gasteiger partial charge in [-0.05, 0) is 18.1 Å². The number of hydrogen-bond donors (Lipinski definition) is 3. The fourth-order valence-electron chi connectivity index (χ4n) is 1.98. The molecule has 0 aliphatic carbocycles. The van der Waals surface area contributed by atoms with Crippen LogP contribution in [0, 0.1) is 17.2 Å². The lowest BCUT2D eigenvalue weighted by Gasteiger charge is -2.16. The maximum Gasteiger partial charge on any atom is 0.326 e. The summed E-state index contributed by atoms with van der Waals surface area (Å²) in [5, 5.41) is 23.4. The minimum absolute atomic E-state index is 0.220. The molecule has 0 aromatic heterocycles. The lowest BCUT2D eigenvalue weighted by Crippen LogP contribution is -2.38. The van der Waals surface area contributed by atoms with Gasteiger partial charge in [-0.3, -0.25) is 4.79 Å². The summed E-state index contributed by atoms with van der Waals surface area (Å²) in [6.45, 7) is 3.44. The number of nitrogens with one attached hydrogen (secondary N) is 2. The average Bonchev–Trinajstić information content (AvgIpc) is 2.57. The summed E-state index contributed by atoms with van der Waals surface area (Å²) < 4.78 is 10.3. The van der Waals surface area contributed by atoms with Crippen LogP contribution in [-0.4, -0.2) is 37.2 Å². The first kappa shape index (κ1) is 19.8. The molecule has 0 bridgehead atoms. The molecule has 3 N–H and O–H groups in total. The summed E-state index contributed by atoms with van der Waals surface area (Å²) in [5.74, 6) is -1.03. The molecule has 1 rings (SSSR count). The van der Waals surface area contributed by atoms with Crippen molar-refractivity contribution < 1.29 is 24.2 Å². The van der Waals surface area contributed by atoms with E-state index in [-0.39, 0.29) is 11.5 Å². The van der Waals surface area contributed by atoms with Crippen molar-refractivity contribution in [3.8, 4) is 17.6 Å². The highest BCUT2D eigenvalue weighted by molar-refractivity contribution is 6.06. The van der Waals surface area contributed by atoms with Crippen LogP contribution in [0.1, 0.15) is 13.8 Å². The van der Waals surface area contributed by atoms with Crippen LogP contribution in [0.4, 0.5) is 5.69 Å². The van der Waals surface area contributed by atoms with Crippen molar-refractivity contribution in [3.05, 3.63) is 30.0 Å². The summed E-state index contributed by atoms with van der Waals surface area (Å²) in [5.41, 5.74) is 0.157. The van der Waals surface area contributed by atoms with Crippen LogP contribution >= 0.6 is 0 Å². The Morgan fingerprint density at radius 1 is 1.24 bits per heavy atom. The average molecular weight is 347 g/mol. The summed E-state index contributed by atoms with van der Waals surface area (Å²) in [6, 6.07) is 5.59. The monoisotopic (exact) mass is 347 g/mol. The number of aliphatic carboxylic acids is 1. The van der Waals surface area contributed by atoms with Crippen LogP contribution in [-0.2, 0) is 9.59 Å². The molecule has 134 valence electrons. The van der Waals surface area contributed by atoms with E-state index in [1.807, 2.05) is 0 Å². The van der Waals surface area contributed by atoms with Crippen molar-refractivity contribution in [2.75, 3.05) is 19.5 Å². The molecular weight excluding hydrogens is 326 g/mol. The molecule has 8 nitrogen and oxygen atoms in total. The standard InChI is InChI=1S/C17H21N3O5/c1-10(2)15(17(22)23)19-9-11(8-18)16(21)20-12-5-6-13(24-3)14(7-12)25-4/h5-7,9-10,15,19H,1-4H3,(H,20,21)(H,22,23)/b11-9-. The fraction of sp³-hybridized carbons (Fsp3) is 0.353. The van der Waals surface area contributed by atoms with Gasteiger partial charge in [-0.25, -0.2) is 4.79 Å². The number of carboxylic acids is 1. The van der Waals surface area contributed by atoms with E-state index in [0.29, 0.717) is 17.2 Å². The van der Waals surface area contributed by atoms with Gasteiger partial charge in [0.15, 0.2) is 11.5 Å². The van der Waals surface area contributed by atoms with Gasteiger partial charge in [-0.2, -0.15) is 5.26 Å². The van der Waals surface area contributed by atoms with E-state index in [1.165, 1.54) is 14.2 Å². The first-order chi connectivity index (χ1) is 11.8. The Hall–Kier alpha value is -3.21. The Morgan fingerprint density at radius 3 is 2.36 bits per heavy atom. The molecule has 0 aliphatic rings. The number of nitriles is 1. The molecular formula is C17H21N3O5. The second kappa shape index (κ2) is 9.17. The van der Waals surface area contributed by atoms with Crippen LogP contribution in [0.25, 0.3) is 0 Å². The van der Waals surface area contributed by atoms with Gasteiger partial charge in [0, 0.05) is 18.0 Å². The minimum Gasteiger partial charge on any atom is -0.493 e. The third-order valence-electron chi connectivity index (χ3n) is 3.35. The van der Waals surface area contributed by atoms with Crippen molar-refractivity contribution in [3.63, 3.8) is 0 Å². The Morgan fingerprint density at radius 2 is 1.88 bits per heavy atom. The van der Waals surface area contributed by atoms with Gasteiger partial charge in [0.05, 0.1) is 14.2 Å².